The van der Waals surface area contributed by atoms with E-state index < -0.39 is 2.14 Å². The molecule has 0 bridgehead atoms. The maximum Gasteiger partial charge on any atom is 0.163 e. The number of hydrogen-bond donors (Lipinski definition) is 0. The maximum absolute atomic E-state index is 5.67. The van der Waals surface area contributed by atoms with Gasteiger partial charge in [0.05, 0.1) is 6.61 Å². The van der Waals surface area contributed by atoms with Crippen molar-refractivity contribution in [3.8, 4) is 5.75 Å². The first-order valence-corrected chi connectivity index (χ1v) is 6.86. The van der Waals surface area contributed by atoms with Gasteiger partial charge in [-0.15, -0.1) is 0 Å². The Hall–Kier alpha value is 0.420. The molecule has 2 nitrogen and oxygen atoms in total. The molecule has 1 atom stereocenters. The monoisotopic (exact) mass is 398 g/mol. The highest BCUT2D eigenvalue weighted by molar-refractivity contribution is 9.38. The van der Waals surface area contributed by atoms with Gasteiger partial charge >= 0.3 is 0 Å². The van der Waals surface area contributed by atoms with E-state index in [-0.39, 0.29) is 6.10 Å². The van der Waals surface area contributed by atoms with Crippen molar-refractivity contribution >= 4 is 47.8 Å². The highest BCUT2D eigenvalue weighted by atomic mass is 80.0. The Morgan fingerprint density at radius 3 is 2.60 bits per heavy atom. The topological polar surface area (TPSA) is 21.8 Å². The Labute approximate surface area is 114 Å². The molecular weight excluding hydrogens is 392 g/mol. The Bertz CT molecular complexity index is 345. The van der Waals surface area contributed by atoms with Gasteiger partial charge in [0.15, 0.2) is 2.14 Å². The van der Waals surface area contributed by atoms with Gasteiger partial charge in [-0.05, 0) is 6.07 Å². The molecule has 0 radical (unpaired) electrons. The third-order valence-electron chi connectivity index (χ3n) is 2.02. The highest BCUT2D eigenvalue weighted by Gasteiger charge is 2.27. The van der Waals surface area contributed by atoms with Gasteiger partial charge in [0.25, 0.3) is 0 Å². The normalized spacial score (nSPS) is 20.1. The molecule has 0 spiro atoms. The summed E-state index contributed by atoms with van der Waals surface area (Å²) in [5.41, 5.74) is 1.01. The summed E-state index contributed by atoms with van der Waals surface area (Å²) in [6.45, 7) is 1.42. The lowest BCUT2D eigenvalue weighted by molar-refractivity contribution is 0.261. The number of benzene rings is 1. The summed E-state index contributed by atoms with van der Waals surface area (Å²) < 4.78 is 10.3. The SMILES string of the molecule is BrC(Br)(Br)c1ccccc1OCC1CO1. The fourth-order valence-corrected chi connectivity index (χ4v) is 2.16. The molecule has 1 aliphatic rings. The fourth-order valence-electron chi connectivity index (χ4n) is 1.17. The summed E-state index contributed by atoms with van der Waals surface area (Å²) >= 11 is 10.4. The van der Waals surface area contributed by atoms with Crippen molar-refractivity contribution in [2.45, 2.75) is 8.25 Å². The minimum atomic E-state index is -0.437. The molecule has 0 saturated carbocycles. The van der Waals surface area contributed by atoms with Gasteiger partial charge in [-0.2, -0.15) is 0 Å². The molecule has 15 heavy (non-hydrogen) atoms. The summed E-state index contributed by atoms with van der Waals surface area (Å²) in [5.74, 6) is 0.846. The largest absolute Gasteiger partial charge is 0.490 e. The van der Waals surface area contributed by atoms with Crippen molar-refractivity contribution in [2.24, 2.45) is 0 Å². The lowest BCUT2D eigenvalue weighted by Crippen LogP contribution is -2.08. The van der Waals surface area contributed by atoms with Crippen LogP contribution in [0.2, 0.25) is 0 Å². The number of halogens is 3. The van der Waals surface area contributed by atoms with Gasteiger partial charge in [-0.25, -0.2) is 0 Å². The zero-order valence-electron chi connectivity index (χ0n) is 7.75. The van der Waals surface area contributed by atoms with E-state index in [0.717, 1.165) is 17.9 Å². The summed E-state index contributed by atoms with van der Waals surface area (Å²) in [6.07, 6.45) is 0.272. The number of ether oxygens (including phenoxy) is 2. The molecule has 1 saturated heterocycles. The molecule has 1 heterocycles. The van der Waals surface area contributed by atoms with Crippen LogP contribution in [0.1, 0.15) is 5.56 Å². The van der Waals surface area contributed by atoms with E-state index >= 15 is 0 Å². The molecule has 1 aromatic carbocycles. The maximum atomic E-state index is 5.67. The second-order valence-electron chi connectivity index (χ2n) is 3.26. The van der Waals surface area contributed by atoms with Crippen LogP contribution in [0.3, 0.4) is 0 Å². The van der Waals surface area contributed by atoms with Crippen molar-refractivity contribution in [2.75, 3.05) is 13.2 Å². The Kier molecular flexibility index (Phi) is 3.75. The van der Waals surface area contributed by atoms with Crippen LogP contribution in [0.4, 0.5) is 0 Å². The first-order valence-electron chi connectivity index (χ1n) is 4.48. The molecule has 0 aliphatic carbocycles. The van der Waals surface area contributed by atoms with Gasteiger partial charge < -0.3 is 9.47 Å². The van der Waals surface area contributed by atoms with Crippen LogP contribution in [0.15, 0.2) is 24.3 Å². The Morgan fingerprint density at radius 2 is 2.00 bits per heavy atom. The van der Waals surface area contributed by atoms with Crippen molar-refractivity contribution in [1.29, 1.82) is 0 Å². The average molecular weight is 401 g/mol. The first kappa shape index (κ1) is 11.9. The summed E-state index contributed by atoms with van der Waals surface area (Å²) in [7, 11) is 0. The molecule has 0 N–H and O–H groups in total. The number of epoxide rings is 1. The van der Waals surface area contributed by atoms with E-state index in [1.54, 1.807) is 0 Å². The number of hydrogen-bond acceptors (Lipinski definition) is 2. The summed E-state index contributed by atoms with van der Waals surface area (Å²) in [4.78, 5) is 0. The molecule has 1 unspecified atom stereocenters. The van der Waals surface area contributed by atoms with Crippen molar-refractivity contribution < 1.29 is 9.47 Å². The van der Waals surface area contributed by atoms with Crippen LogP contribution in [-0.4, -0.2) is 19.3 Å². The molecule has 1 aliphatic heterocycles. The van der Waals surface area contributed by atoms with Crippen LogP contribution in [0.5, 0.6) is 5.75 Å². The van der Waals surface area contributed by atoms with Crippen LogP contribution in [-0.2, 0) is 6.88 Å². The van der Waals surface area contributed by atoms with Crippen LogP contribution in [0, 0.1) is 0 Å². The molecule has 82 valence electrons. The number of alkyl halides is 3. The fraction of sp³-hybridized carbons (Fsp3) is 0.400. The predicted molar refractivity (Wildman–Crippen MR) is 70.1 cm³/mol. The van der Waals surface area contributed by atoms with Gasteiger partial charge in [-0.1, -0.05) is 66.0 Å². The lowest BCUT2D eigenvalue weighted by atomic mass is 10.2. The van der Waals surface area contributed by atoms with E-state index in [1.165, 1.54) is 0 Å². The second-order valence-corrected chi connectivity index (χ2v) is 10.0. The highest BCUT2D eigenvalue weighted by Crippen LogP contribution is 2.47. The smallest absolute Gasteiger partial charge is 0.163 e. The van der Waals surface area contributed by atoms with Gasteiger partial charge in [-0.3, -0.25) is 0 Å². The first-order chi connectivity index (χ1) is 7.07. The van der Waals surface area contributed by atoms with E-state index in [0.29, 0.717) is 6.61 Å². The molecule has 5 heteroatoms. The van der Waals surface area contributed by atoms with Crippen LogP contribution >= 0.6 is 47.8 Å². The van der Waals surface area contributed by atoms with Gasteiger partial charge in [0, 0.05) is 5.56 Å². The lowest BCUT2D eigenvalue weighted by Gasteiger charge is -2.17. The molecule has 2 rings (SSSR count). The quantitative estimate of drug-likeness (QED) is 0.569. The van der Waals surface area contributed by atoms with E-state index in [2.05, 4.69) is 47.8 Å². The van der Waals surface area contributed by atoms with Crippen molar-refractivity contribution in [3.63, 3.8) is 0 Å². The zero-order chi connectivity index (χ0) is 10.9. The predicted octanol–water partition coefficient (Wildman–Crippen LogP) is 3.76. The minimum absolute atomic E-state index is 0.272. The molecule has 0 aromatic heterocycles. The third-order valence-corrected chi connectivity index (χ3v) is 3.30. The molecule has 1 fully saturated rings. The average Bonchev–Trinajstić information content (AvgIpc) is 2.97. The summed E-state index contributed by atoms with van der Waals surface area (Å²) in [6, 6.07) is 7.84. The third kappa shape index (κ3) is 3.44. The van der Waals surface area contributed by atoms with Crippen molar-refractivity contribution in [1.82, 2.24) is 0 Å². The van der Waals surface area contributed by atoms with Crippen LogP contribution in [0.25, 0.3) is 0 Å². The zero-order valence-corrected chi connectivity index (χ0v) is 12.5. The molecular formula is C10H9Br3O2. The van der Waals surface area contributed by atoms with E-state index in [4.69, 9.17) is 9.47 Å². The number of rotatable bonds is 3. The Morgan fingerprint density at radius 1 is 1.33 bits per heavy atom. The second kappa shape index (κ2) is 4.73. The van der Waals surface area contributed by atoms with Crippen LogP contribution < -0.4 is 4.74 Å². The number of para-hydroxylation sites is 1. The van der Waals surface area contributed by atoms with Gasteiger partial charge in [0.2, 0.25) is 0 Å². The summed E-state index contributed by atoms with van der Waals surface area (Å²) in [5, 5.41) is 0. The van der Waals surface area contributed by atoms with E-state index in [9.17, 15) is 0 Å². The van der Waals surface area contributed by atoms with Crippen molar-refractivity contribution in [3.05, 3.63) is 29.8 Å². The molecule has 0 amide bonds. The standard InChI is InChI=1S/C10H9Br3O2/c11-10(12,13)8-3-1-2-4-9(8)15-6-7-5-14-7/h1-4,7H,5-6H2. The Balaban J connectivity index is 2.13. The molecule has 1 aromatic rings. The van der Waals surface area contributed by atoms with E-state index in [1.807, 2.05) is 24.3 Å². The minimum Gasteiger partial charge on any atom is -0.490 e. The van der Waals surface area contributed by atoms with Gasteiger partial charge in [0.1, 0.15) is 18.5 Å².